The quantitative estimate of drug-likeness (QED) is 0.120. The van der Waals surface area contributed by atoms with Gasteiger partial charge in [-0.25, -0.2) is 44.9 Å². The van der Waals surface area contributed by atoms with Gasteiger partial charge in [0, 0.05) is 82.4 Å². The highest BCUT2D eigenvalue weighted by Crippen LogP contribution is 2.46. The lowest BCUT2D eigenvalue weighted by Gasteiger charge is -2.14. The van der Waals surface area contributed by atoms with Gasteiger partial charge in [-0.3, -0.25) is 0 Å². The van der Waals surface area contributed by atoms with Crippen molar-refractivity contribution >= 4 is 163 Å². The molecule has 28 aromatic rings. The molecule has 22 aromatic carbocycles. The number of fused-ring (bicyclic) bond motifs is 22. The highest BCUT2D eigenvalue weighted by molar-refractivity contribution is 6.20. The average molecular weight is 1720 g/mol. The van der Waals surface area contributed by atoms with Crippen LogP contribution in [-0.4, -0.2) is 44.9 Å². The maximum atomic E-state index is 6.28. The van der Waals surface area contributed by atoms with Crippen molar-refractivity contribution in [2.24, 2.45) is 0 Å². The largest absolute Gasteiger partial charge is 0.456 e. The van der Waals surface area contributed by atoms with Gasteiger partial charge in [-0.05, 0) is 175 Å². The van der Waals surface area contributed by atoms with Crippen molar-refractivity contribution in [2.75, 3.05) is 0 Å². The zero-order valence-corrected chi connectivity index (χ0v) is 72.4. The Labute approximate surface area is 772 Å². The molecule has 0 saturated carbocycles. The summed E-state index contributed by atoms with van der Waals surface area (Å²) in [7, 11) is 0. The second-order valence-electron chi connectivity index (χ2n) is 34.0. The minimum absolute atomic E-state index is 0.608. The molecule has 6 aromatic heterocycles. The van der Waals surface area contributed by atoms with Gasteiger partial charge in [0.25, 0.3) is 0 Å². The number of benzene rings is 22. The molecular weight excluding hydrogens is 1650 g/mol. The van der Waals surface area contributed by atoms with Crippen molar-refractivity contribution in [2.45, 2.75) is 0 Å². The Hall–Kier alpha value is -18.4. The van der Waals surface area contributed by atoms with Crippen LogP contribution in [0.25, 0.3) is 276 Å². The van der Waals surface area contributed by atoms with Crippen molar-refractivity contribution < 1.29 is 13.3 Å². The van der Waals surface area contributed by atoms with Crippen molar-refractivity contribution in [3.8, 4) is 114 Å². The monoisotopic (exact) mass is 1720 g/mol. The minimum atomic E-state index is 0.608. The standard InChI is InChI=1S/C43H25N3O.C41H25N3O.C39H23N3O/c1-3-14-28-26(12-1)24-36(32-18-7-5-16-30(28)32)42-44-41(35-21-11-23-39-40(35)34-20-9-10-22-38(34)47-39)45-43(46-42)37-25-27-13-2-4-15-29(27)31-17-6-8-19-33(31)37;1-2-11-26(12-3-1)27-21-23-28(24-22-27)39-42-40(34-18-10-20-37-38(34)33-17-8-9-19-36(33)45-37)44-41(43-39)35-25-29-13-4-5-14-30(29)31-15-6-7-16-32(31)35;1-2-11-25-22-27(21-20-24(25)10-1)37-40-38(32-17-9-19-35-36(32)31-16-7-8-18-34(31)43-35)42-39(41-37)33-23-26-12-3-4-13-28(26)29-14-5-6-15-30(29)33/h1-25H;1-25H;1-23H. The first-order valence-corrected chi connectivity index (χ1v) is 45.2. The Morgan fingerprint density at radius 2 is 0.348 bits per heavy atom. The van der Waals surface area contributed by atoms with Crippen LogP contribution in [0.3, 0.4) is 0 Å². The summed E-state index contributed by atoms with van der Waals surface area (Å²) in [6.07, 6.45) is 0. The zero-order chi connectivity index (χ0) is 89.0. The Kier molecular flexibility index (Phi) is 18.6. The number of para-hydroxylation sites is 3. The molecule has 12 heteroatoms. The maximum absolute atomic E-state index is 6.28. The van der Waals surface area contributed by atoms with E-state index in [1.807, 2.05) is 97.1 Å². The van der Waals surface area contributed by atoms with E-state index in [9.17, 15) is 0 Å². The Bertz CT molecular complexity index is 9550. The first kappa shape index (κ1) is 77.7. The van der Waals surface area contributed by atoms with Crippen LogP contribution in [0.5, 0.6) is 0 Å². The topological polar surface area (TPSA) is 155 Å². The van der Waals surface area contributed by atoms with Gasteiger partial charge in [-0.2, -0.15) is 0 Å². The second kappa shape index (κ2) is 32.4. The summed E-state index contributed by atoms with van der Waals surface area (Å²) in [6.45, 7) is 0. The van der Waals surface area contributed by atoms with E-state index in [0.29, 0.717) is 52.4 Å². The molecule has 0 aliphatic carbocycles. The van der Waals surface area contributed by atoms with Gasteiger partial charge in [0.2, 0.25) is 0 Å². The van der Waals surface area contributed by atoms with Gasteiger partial charge >= 0.3 is 0 Å². The minimum Gasteiger partial charge on any atom is -0.456 e. The third kappa shape index (κ3) is 13.7. The molecule has 0 amide bonds. The van der Waals surface area contributed by atoms with Gasteiger partial charge < -0.3 is 13.3 Å². The van der Waals surface area contributed by atoms with Crippen LogP contribution in [0.2, 0.25) is 0 Å². The van der Waals surface area contributed by atoms with E-state index in [2.05, 4.69) is 346 Å². The molecule has 6 heterocycles. The highest BCUT2D eigenvalue weighted by atomic mass is 16.3. The first-order valence-electron chi connectivity index (χ1n) is 45.2. The first-order chi connectivity index (χ1) is 66.9. The molecule has 12 nitrogen and oxygen atoms in total. The Balaban J connectivity index is 0.000000105. The summed E-state index contributed by atoms with van der Waals surface area (Å²) in [5, 5.41) is 26.9. The number of hydrogen-bond donors (Lipinski definition) is 0. The van der Waals surface area contributed by atoms with Crippen LogP contribution in [-0.2, 0) is 0 Å². The van der Waals surface area contributed by atoms with Gasteiger partial charge in [-0.1, -0.05) is 376 Å². The van der Waals surface area contributed by atoms with Gasteiger partial charge in [0.1, 0.15) is 33.5 Å². The van der Waals surface area contributed by atoms with Gasteiger partial charge in [0.05, 0.1) is 0 Å². The van der Waals surface area contributed by atoms with Crippen LogP contribution in [0.15, 0.2) is 456 Å². The molecule has 0 radical (unpaired) electrons. The fraction of sp³-hybridized carbons (Fsp3) is 0. The summed E-state index contributed by atoms with van der Waals surface area (Å²) in [4.78, 5) is 46.8. The molecule has 0 aliphatic heterocycles. The fourth-order valence-corrected chi connectivity index (χ4v) is 19.8. The van der Waals surface area contributed by atoms with Gasteiger partial charge in [-0.15, -0.1) is 0 Å². The lowest BCUT2D eigenvalue weighted by atomic mass is 9.96. The molecular formula is C123H73N9O3. The lowest BCUT2D eigenvalue weighted by molar-refractivity contribution is 0.668. The molecule has 0 unspecified atom stereocenters. The predicted molar refractivity (Wildman–Crippen MR) is 553 cm³/mol. The smallest absolute Gasteiger partial charge is 0.164 e. The maximum Gasteiger partial charge on any atom is 0.164 e. The van der Waals surface area contributed by atoms with E-state index in [-0.39, 0.29) is 0 Å². The number of aromatic nitrogens is 9. The molecule has 28 rings (SSSR count). The summed E-state index contributed by atoms with van der Waals surface area (Å²) in [5.74, 6) is 5.62. The van der Waals surface area contributed by atoms with Crippen molar-refractivity contribution in [1.29, 1.82) is 0 Å². The SMILES string of the molecule is c1ccc(-c2ccc(-c3nc(-c4cc5ccccc5c5ccccc45)nc(-c4cccc5oc6ccccc6c45)n3)cc2)cc1.c1ccc2c(c1)cc(-c1nc(-c3cc4ccccc4c4ccccc34)nc(-c3cccc4oc5ccccc5c34)n1)c1ccccc12.c1ccc2cc(-c3nc(-c4cc5ccccc5c5ccccc45)nc(-c4cccc5oc6ccccc6c45)n3)ccc2c1. The number of furan rings is 3. The molecule has 0 fully saturated rings. The van der Waals surface area contributed by atoms with Crippen LogP contribution in [0.4, 0.5) is 0 Å². The normalized spacial score (nSPS) is 11.7. The summed E-state index contributed by atoms with van der Waals surface area (Å²) in [6, 6.07) is 153. The molecule has 0 aliphatic rings. The summed E-state index contributed by atoms with van der Waals surface area (Å²) < 4.78 is 18.7. The van der Waals surface area contributed by atoms with Gasteiger partial charge in [0.15, 0.2) is 52.4 Å². The van der Waals surface area contributed by atoms with E-state index in [1.165, 1.54) is 54.0 Å². The van der Waals surface area contributed by atoms with E-state index >= 15 is 0 Å². The molecule has 0 atom stereocenters. The van der Waals surface area contributed by atoms with Crippen molar-refractivity contribution in [3.05, 3.63) is 443 Å². The Morgan fingerprint density at radius 3 is 0.689 bits per heavy atom. The van der Waals surface area contributed by atoms with Crippen molar-refractivity contribution in [3.63, 3.8) is 0 Å². The molecule has 135 heavy (non-hydrogen) atoms. The molecule has 0 spiro atoms. The van der Waals surface area contributed by atoms with Crippen LogP contribution in [0, 0.1) is 0 Å². The zero-order valence-electron chi connectivity index (χ0n) is 72.4. The summed E-state index contributed by atoms with van der Waals surface area (Å²) in [5.41, 5.74) is 15.7. The van der Waals surface area contributed by atoms with Crippen LogP contribution >= 0.6 is 0 Å². The predicted octanol–water partition coefficient (Wildman–Crippen LogP) is 32.4. The van der Waals surface area contributed by atoms with E-state index in [1.54, 1.807) is 0 Å². The second-order valence-corrected chi connectivity index (χ2v) is 34.0. The number of hydrogen-bond acceptors (Lipinski definition) is 12. The lowest BCUT2D eigenvalue weighted by Crippen LogP contribution is -2.01. The van der Waals surface area contributed by atoms with E-state index in [0.717, 1.165) is 170 Å². The molecule has 628 valence electrons. The van der Waals surface area contributed by atoms with Crippen molar-refractivity contribution in [1.82, 2.24) is 44.9 Å². The fourth-order valence-electron chi connectivity index (χ4n) is 19.8. The third-order valence-electron chi connectivity index (χ3n) is 26.1. The number of rotatable bonds is 10. The third-order valence-corrected chi connectivity index (χ3v) is 26.1. The highest BCUT2D eigenvalue weighted by Gasteiger charge is 2.26. The molecule has 0 N–H and O–H groups in total. The Morgan fingerprint density at radius 1 is 0.119 bits per heavy atom. The molecule has 0 bridgehead atoms. The van der Waals surface area contributed by atoms with E-state index < -0.39 is 0 Å². The summed E-state index contributed by atoms with van der Waals surface area (Å²) >= 11 is 0. The van der Waals surface area contributed by atoms with Crippen LogP contribution in [0.1, 0.15) is 0 Å². The molecule has 0 saturated heterocycles. The van der Waals surface area contributed by atoms with Crippen LogP contribution < -0.4 is 0 Å². The average Bonchev–Trinajstić information content (AvgIpc) is 1.72. The number of nitrogens with zero attached hydrogens (tertiary/aromatic N) is 9. The van der Waals surface area contributed by atoms with E-state index in [4.69, 9.17) is 58.1 Å².